The van der Waals surface area contributed by atoms with E-state index >= 15 is 0 Å². The minimum atomic E-state index is 0.544. The summed E-state index contributed by atoms with van der Waals surface area (Å²) in [5, 5.41) is 0. The fraction of sp³-hybridized carbons (Fsp3) is 0.588. The number of benzene rings is 1. The molecule has 2 aromatic rings. The molecular formula is C17H25N3. The lowest BCUT2D eigenvalue weighted by molar-refractivity contribution is 0.245. The summed E-state index contributed by atoms with van der Waals surface area (Å²) in [5.41, 5.74) is 8.46. The maximum atomic E-state index is 6.03. The molecule has 1 aliphatic carbocycles. The van der Waals surface area contributed by atoms with Crippen molar-refractivity contribution < 1.29 is 0 Å². The van der Waals surface area contributed by atoms with Crippen molar-refractivity contribution in [2.45, 2.75) is 51.5 Å². The number of nitrogens with zero attached hydrogens (tertiary/aromatic N) is 2. The molecule has 2 atom stereocenters. The third-order valence-corrected chi connectivity index (χ3v) is 4.65. The molecule has 3 rings (SSSR count). The number of para-hydroxylation sites is 2. The number of rotatable bonds is 4. The molecule has 0 bridgehead atoms. The van der Waals surface area contributed by atoms with Gasteiger partial charge < -0.3 is 10.3 Å². The zero-order valence-corrected chi connectivity index (χ0v) is 12.4. The fourth-order valence-corrected chi connectivity index (χ4v) is 3.67. The van der Waals surface area contributed by atoms with Gasteiger partial charge in [-0.1, -0.05) is 31.9 Å². The fourth-order valence-electron chi connectivity index (χ4n) is 3.67. The summed E-state index contributed by atoms with van der Waals surface area (Å²) >= 11 is 0. The normalized spacial score (nSPS) is 23.3. The van der Waals surface area contributed by atoms with E-state index in [9.17, 15) is 0 Å². The minimum absolute atomic E-state index is 0.544. The van der Waals surface area contributed by atoms with Crippen LogP contribution in [0.5, 0.6) is 0 Å². The van der Waals surface area contributed by atoms with Gasteiger partial charge in [0.25, 0.3) is 0 Å². The average Bonchev–Trinajstić information content (AvgIpc) is 2.85. The van der Waals surface area contributed by atoms with Crippen molar-refractivity contribution in [2.75, 3.05) is 6.54 Å². The highest BCUT2D eigenvalue weighted by molar-refractivity contribution is 5.76. The van der Waals surface area contributed by atoms with Crippen LogP contribution in [0, 0.1) is 5.92 Å². The third-order valence-electron chi connectivity index (χ3n) is 4.65. The van der Waals surface area contributed by atoms with Gasteiger partial charge in [-0.15, -0.1) is 0 Å². The monoisotopic (exact) mass is 271 g/mol. The van der Waals surface area contributed by atoms with Crippen molar-refractivity contribution in [3.63, 3.8) is 0 Å². The molecule has 1 aromatic carbocycles. The molecule has 0 amide bonds. The average molecular weight is 271 g/mol. The highest BCUT2D eigenvalue weighted by Gasteiger charge is 2.28. The van der Waals surface area contributed by atoms with E-state index in [1.54, 1.807) is 0 Å². The van der Waals surface area contributed by atoms with Gasteiger partial charge in [-0.3, -0.25) is 0 Å². The van der Waals surface area contributed by atoms with E-state index in [1.807, 2.05) is 0 Å². The van der Waals surface area contributed by atoms with Gasteiger partial charge in [0.05, 0.1) is 11.0 Å². The van der Waals surface area contributed by atoms with Gasteiger partial charge in [-0.25, -0.2) is 4.98 Å². The van der Waals surface area contributed by atoms with Gasteiger partial charge >= 0.3 is 0 Å². The largest absolute Gasteiger partial charge is 0.330 e. The highest BCUT2D eigenvalue weighted by Crippen LogP contribution is 2.36. The number of aryl methyl sites for hydroxylation is 1. The summed E-state index contributed by atoms with van der Waals surface area (Å²) in [6.07, 6.45) is 7.36. The van der Waals surface area contributed by atoms with E-state index < -0.39 is 0 Å². The Balaban J connectivity index is 2.09. The molecule has 1 aliphatic rings. The number of aromatic nitrogens is 2. The number of imidazole rings is 1. The molecule has 1 saturated carbocycles. The molecular weight excluding hydrogens is 246 g/mol. The van der Waals surface area contributed by atoms with Crippen molar-refractivity contribution in [1.82, 2.24) is 9.55 Å². The smallest absolute Gasteiger partial charge is 0.110 e. The third kappa shape index (κ3) is 2.35. The van der Waals surface area contributed by atoms with Crippen molar-refractivity contribution in [3.8, 4) is 0 Å². The Morgan fingerprint density at radius 2 is 2.05 bits per heavy atom. The van der Waals surface area contributed by atoms with Crippen molar-refractivity contribution >= 4 is 11.0 Å². The molecule has 0 spiro atoms. The molecule has 108 valence electrons. The quantitative estimate of drug-likeness (QED) is 0.922. The van der Waals surface area contributed by atoms with Crippen LogP contribution in [-0.2, 0) is 6.42 Å². The predicted molar refractivity (Wildman–Crippen MR) is 83.8 cm³/mol. The molecule has 3 nitrogen and oxygen atoms in total. The van der Waals surface area contributed by atoms with Gasteiger partial charge in [-0.05, 0) is 43.9 Å². The van der Waals surface area contributed by atoms with E-state index in [0.29, 0.717) is 12.0 Å². The number of hydrogen-bond donors (Lipinski definition) is 1. The number of fused-ring (bicyclic) bond motifs is 1. The van der Waals surface area contributed by atoms with E-state index in [-0.39, 0.29) is 0 Å². The number of nitrogens with two attached hydrogens (primary N) is 1. The van der Waals surface area contributed by atoms with Crippen LogP contribution in [-0.4, -0.2) is 16.1 Å². The van der Waals surface area contributed by atoms with Crippen LogP contribution in [0.3, 0.4) is 0 Å². The van der Waals surface area contributed by atoms with E-state index in [4.69, 9.17) is 10.7 Å². The molecule has 3 heteroatoms. The number of hydrogen-bond acceptors (Lipinski definition) is 2. The molecule has 0 radical (unpaired) electrons. The Morgan fingerprint density at radius 1 is 1.25 bits per heavy atom. The molecule has 0 saturated heterocycles. The van der Waals surface area contributed by atoms with Crippen LogP contribution in [0.1, 0.15) is 50.9 Å². The highest BCUT2D eigenvalue weighted by atomic mass is 15.1. The van der Waals surface area contributed by atoms with Crippen molar-refractivity contribution in [2.24, 2.45) is 11.7 Å². The second kappa shape index (κ2) is 5.96. The first kappa shape index (κ1) is 13.6. The Hall–Kier alpha value is -1.35. The van der Waals surface area contributed by atoms with Gasteiger partial charge in [0.2, 0.25) is 0 Å². The molecule has 20 heavy (non-hydrogen) atoms. The van der Waals surface area contributed by atoms with Gasteiger partial charge in [0, 0.05) is 12.5 Å². The predicted octanol–water partition coefficient (Wildman–Crippen LogP) is 3.68. The van der Waals surface area contributed by atoms with Gasteiger partial charge in [0.1, 0.15) is 5.82 Å². The second-order valence-electron chi connectivity index (χ2n) is 5.98. The topological polar surface area (TPSA) is 43.8 Å². The maximum absolute atomic E-state index is 6.03. The van der Waals surface area contributed by atoms with Crippen molar-refractivity contribution in [3.05, 3.63) is 30.1 Å². The lowest BCUT2D eigenvalue weighted by atomic mass is 9.84. The lowest BCUT2D eigenvalue weighted by Crippen LogP contribution is -2.30. The van der Waals surface area contributed by atoms with Gasteiger partial charge in [0.15, 0.2) is 0 Å². The Morgan fingerprint density at radius 3 is 2.85 bits per heavy atom. The minimum Gasteiger partial charge on any atom is -0.330 e. The summed E-state index contributed by atoms with van der Waals surface area (Å²) < 4.78 is 2.51. The summed E-state index contributed by atoms with van der Waals surface area (Å²) in [7, 11) is 0. The summed E-state index contributed by atoms with van der Waals surface area (Å²) in [4.78, 5) is 4.87. The van der Waals surface area contributed by atoms with Crippen molar-refractivity contribution in [1.29, 1.82) is 0 Å². The first-order chi connectivity index (χ1) is 9.85. The van der Waals surface area contributed by atoms with Crippen LogP contribution >= 0.6 is 0 Å². The first-order valence-corrected chi connectivity index (χ1v) is 8.01. The van der Waals surface area contributed by atoms with Crippen LogP contribution in [0.2, 0.25) is 0 Å². The summed E-state index contributed by atoms with van der Waals surface area (Å²) in [6.45, 7) is 3.02. The van der Waals surface area contributed by atoms with E-state index in [1.165, 1.54) is 37.0 Å². The van der Waals surface area contributed by atoms with E-state index in [2.05, 4.69) is 35.8 Å². The second-order valence-corrected chi connectivity index (χ2v) is 5.98. The molecule has 1 fully saturated rings. The summed E-state index contributed by atoms with van der Waals surface area (Å²) in [6, 6.07) is 9.09. The standard InChI is InChI=1S/C17H25N3/c1-2-7-17-19-14-9-4-6-11-16(14)20(17)15-10-5-3-8-13(15)12-18/h4,6,9,11,13,15H,2-3,5,7-8,10,12,18H2,1H3. The first-order valence-electron chi connectivity index (χ1n) is 8.01. The van der Waals surface area contributed by atoms with Crippen LogP contribution in [0.4, 0.5) is 0 Å². The molecule has 1 heterocycles. The van der Waals surface area contributed by atoms with E-state index in [0.717, 1.165) is 24.9 Å². The lowest BCUT2D eigenvalue weighted by Gasteiger charge is -2.33. The maximum Gasteiger partial charge on any atom is 0.110 e. The van der Waals surface area contributed by atoms with Crippen LogP contribution in [0.25, 0.3) is 11.0 Å². The van der Waals surface area contributed by atoms with Crippen LogP contribution in [0.15, 0.2) is 24.3 Å². The zero-order chi connectivity index (χ0) is 13.9. The Labute approximate surface area is 121 Å². The van der Waals surface area contributed by atoms with Crippen LogP contribution < -0.4 is 5.73 Å². The summed E-state index contributed by atoms with van der Waals surface area (Å²) in [5.74, 6) is 1.86. The Bertz CT molecular complexity index is 573. The Kier molecular flexibility index (Phi) is 4.06. The van der Waals surface area contributed by atoms with Gasteiger partial charge in [-0.2, -0.15) is 0 Å². The zero-order valence-electron chi connectivity index (χ0n) is 12.4. The SMILES string of the molecule is CCCc1nc2ccccc2n1C1CCCCC1CN. The molecule has 2 N–H and O–H groups in total. The molecule has 1 aromatic heterocycles. The molecule has 2 unspecified atom stereocenters. The molecule has 0 aliphatic heterocycles.